The number of hydrogen-bond acceptors (Lipinski definition) is 4. The highest BCUT2D eigenvalue weighted by atomic mass is 16.5. The summed E-state index contributed by atoms with van der Waals surface area (Å²) in [5, 5.41) is 3.75. The molecule has 1 saturated heterocycles. The second-order valence-corrected chi connectivity index (χ2v) is 8.27. The largest absolute Gasteiger partial charge is 0.405 e. The summed E-state index contributed by atoms with van der Waals surface area (Å²) in [4.78, 5) is 13.8. The van der Waals surface area contributed by atoms with Crippen molar-refractivity contribution in [3.63, 3.8) is 0 Å². The molecule has 2 unspecified atom stereocenters. The third kappa shape index (κ3) is 5.65. The Balaban J connectivity index is 2.06. The molecular weight excluding hydrogens is 384 g/mol. The van der Waals surface area contributed by atoms with Crippen LogP contribution in [-0.4, -0.2) is 25.0 Å². The van der Waals surface area contributed by atoms with Crippen molar-refractivity contribution >= 4 is 11.5 Å². The summed E-state index contributed by atoms with van der Waals surface area (Å²) < 4.78 is 5.63. The number of hydrogen-bond donors (Lipinski definition) is 2. The molecule has 4 heteroatoms. The third-order valence-electron chi connectivity index (χ3n) is 6.30. The number of ether oxygens (including phenoxy) is 1. The predicted molar refractivity (Wildman–Crippen MR) is 128 cm³/mol. The topological polar surface area (TPSA) is 64.4 Å². The number of nitrogens with one attached hydrogen (secondary N) is 1. The lowest BCUT2D eigenvalue weighted by atomic mass is 9.75. The van der Waals surface area contributed by atoms with Crippen LogP contribution in [0.1, 0.15) is 41.3 Å². The molecule has 1 fully saturated rings. The molecule has 1 heterocycles. The fourth-order valence-corrected chi connectivity index (χ4v) is 4.37. The quantitative estimate of drug-likeness (QED) is 0.443. The minimum Gasteiger partial charge on any atom is -0.405 e. The van der Waals surface area contributed by atoms with E-state index < -0.39 is 0 Å². The molecule has 0 saturated carbocycles. The first-order chi connectivity index (χ1) is 15.0. The maximum absolute atomic E-state index is 13.8. The highest BCUT2D eigenvalue weighted by Gasteiger charge is 2.37. The van der Waals surface area contributed by atoms with Crippen LogP contribution in [-0.2, 0) is 4.74 Å². The zero-order valence-electron chi connectivity index (χ0n) is 18.8. The van der Waals surface area contributed by atoms with E-state index in [2.05, 4.69) is 37.4 Å². The van der Waals surface area contributed by atoms with Crippen LogP contribution in [0.5, 0.6) is 0 Å². The molecule has 2 atom stereocenters. The standard InChI is InChI=1S/C27H34N2O2/c1-4-21(12-15-28)25(27(30)23-8-6-5-7-9-23)26(22-13-16-31-17-14-22)29-24-11-10-19(2)20(3)18-24/h4-12,15,18,22,25-26,29H,13-14,16-17,28H2,1-3H3/b15-12-,21-4+. The third-order valence-corrected chi connectivity index (χ3v) is 6.30. The van der Waals surface area contributed by atoms with Crippen molar-refractivity contribution in [3.05, 3.63) is 89.1 Å². The van der Waals surface area contributed by atoms with Gasteiger partial charge in [0.1, 0.15) is 0 Å². The van der Waals surface area contributed by atoms with Crippen molar-refractivity contribution in [1.82, 2.24) is 0 Å². The van der Waals surface area contributed by atoms with Crippen LogP contribution >= 0.6 is 0 Å². The van der Waals surface area contributed by atoms with Crippen LogP contribution in [0.2, 0.25) is 0 Å². The number of aryl methyl sites for hydroxylation is 2. The lowest BCUT2D eigenvalue weighted by molar-refractivity contribution is 0.0538. The van der Waals surface area contributed by atoms with Crippen LogP contribution in [0.15, 0.2) is 72.5 Å². The highest BCUT2D eigenvalue weighted by Crippen LogP contribution is 2.33. The molecule has 0 bridgehead atoms. The number of allylic oxidation sites excluding steroid dienone is 2. The van der Waals surface area contributed by atoms with E-state index in [1.165, 1.54) is 17.3 Å². The monoisotopic (exact) mass is 418 g/mol. The molecule has 1 aliphatic heterocycles. The molecule has 2 aromatic rings. The van der Waals surface area contributed by atoms with Crippen molar-refractivity contribution in [2.24, 2.45) is 17.6 Å². The molecule has 1 aliphatic rings. The van der Waals surface area contributed by atoms with Crippen molar-refractivity contribution in [1.29, 1.82) is 0 Å². The summed E-state index contributed by atoms with van der Waals surface area (Å²) in [6, 6.07) is 15.9. The average molecular weight is 419 g/mol. The second kappa shape index (κ2) is 11.0. The van der Waals surface area contributed by atoms with E-state index in [9.17, 15) is 4.79 Å². The Bertz CT molecular complexity index is 928. The fourth-order valence-electron chi connectivity index (χ4n) is 4.37. The number of nitrogens with two attached hydrogens (primary N) is 1. The number of carbonyl (C=O) groups is 1. The van der Waals surface area contributed by atoms with E-state index in [0.717, 1.165) is 42.9 Å². The lowest BCUT2D eigenvalue weighted by Crippen LogP contribution is -2.43. The molecule has 3 rings (SSSR count). The summed E-state index contributed by atoms with van der Waals surface area (Å²) in [6.07, 6.45) is 7.23. The Kier molecular flexibility index (Phi) is 8.07. The summed E-state index contributed by atoms with van der Waals surface area (Å²) in [5.74, 6) is 0.0747. The number of rotatable bonds is 8. The maximum atomic E-state index is 13.8. The van der Waals surface area contributed by atoms with Crippen molar-refractivity contribution in [2.75, 3.05) is 18.5 Å². The molecule has 0 radical (unpaired) electrons. The van der Waals surface area contributed by atoms with Crippen molar-refractivity contribution < 1.29 is 9.53 Å². The summed E-state index contributed by atoms with van der Waals surface area (Å²) in [6.45, 7) is 7.64. The Labute approximate surface area is 186 Å². The number of ketones is 1. The fraction of sp³-hybridized carbons (Fsp3) is 0.370. The first-order valence-electron chi connectivity index (χ1n) is 11.1. The SMILES string of the molecule is C/C=C(\C=C/N)C(C(=O)c1ccccc1)C(Nc1ccc(C)c(C)c1)C1CCOCC1. The zero-order chi connectivity index (χ0) is 22.2. The van der Waals surface area contributed by atoms with E-state index in [1.54, 1.807) is 0 Å². The molecule has 164 valence electrons. The van der Waals surface area contributed by atoms with Gasteiger partial charge in [-0.15, -0.1) is 0 Å². The van der Waals surface area contributed by atoms with Gasteiger partial charge in [-0.2, -0.15) is 0 Å². The van der Waals surface area contributed by atoms with Gasteiger partial charge in [0.05, 0.1) is 5.92 Å². The first-order valence-corrected chi connectivity index (χ1v) is 11.1. The van der Waals surface area contributed by atoms with Gasteiger partial charge in [0.15, 0.2) is 5.78 Å². The number of benzene rings is 2. The van der Waals surface area contributed by atoms with Gasteiger partial charge < -0.3 is 15.8 Å². The van der Waals surface area contributed by atoms with E-state index in [4.69, 9.17) is 10.5 Å². The van der Waals surface area contributed by atoms with Gasteiger partial charge in [-0.1, -0.05) is 42.5 Å². The van der Waals surface area contributed by atoms with Gasteiger partial charge >= 0.3 is 0 Å². The lowest BCUT2D eigenvalue weighted by Gasteiger charge is -2.37. The molecule has 2 aromatic carbocycles. The Morgan fingerprint density at radius 2 is 1.81 bits per heavy atom. The van der Waals surface area contributed by atoms with Crippen LogP contribution in [0.3, 0.4) is 0 Å². The summed E-state index contributed by atoms with van der Waals surface area (Å²) in [5.41, 5.74) is 11.0. The number of anilines is 1. The first kappa shape index (κ1) is 22.8. The van der Waals surface area contributed by atoms with Gasteiger partial charge in [0, 0.05) is 30.5 Å². The second-order valence-electron chi connectivity index (χ2n) is 8.27. The van der Waals surface area contributed by atoms with Gasteiger partial charge in [0.25, 0.3) is 0 Å². The molecule has 0 spiro atoms. The van der Waals surface area contributed by atoms with Crippen LogP contribution in [0, 0.1) is 25.7 Å². The molecule has 4 nitrogen and oxygen atoms in total. The minimum atomic E-state index is -0.350. The maximum Gasteiger partial charge on any atom is 0.172 e. The van der Waals surface area contributed by atoms with E-state index in [1.807, 2.05) is 49.4 Å². The predicted octanol–water partition coefficient (Wildman–Crippen LogP) is 5.43. The van der Waals surface area contributed by atoms with Gasteiger partial charge in [-0.25, -0.2) is 0 Å². The Morgan fingerprint density at radius 1 is 1.10 bits per heavy atom. The number of carbonyl (C=O) groups excluding carboxylic acids is 1. The minimum absolute atomic E-state index is 0.0684. The molecule has 0 aromatic heterocycles. The van der Waals surface area contributed by atoms with Gasteiger partial charge in [-0.3, -0.25) is 4.79 Å². The average Bonchev–Trinajstić information content (AvgIpc) is 2.81. The Morgan fingerprint density at radius 3 is 2.42 bits per heavy atom. The van der Waals surface area contributed by atoms with E-state index in [-0.39, 0.29) is 17.7 Å². The Hall–Kier alpha value is -2.85. The number of Topliss-reactive ketones (excluding diaryl/α,β-unsaturated/α-hetero) is 1. The molecule has 0 amide bonds. The van der Waals surface area contributed by atoms with Gasteiger partial charge in [-0.05, 0) is 80.6 Å². The molecular formula is C27H34N2O2. The van der Waals surface area contributed by atoms with Gasteiger partial charge in [0.2, 0.25) is 0 Å². The summed E-state index contributed by atoms with van der Waals surface area (Å²) >= 11 is 0. The smallest absolute Gasteiger partial charge is 0.172 e. The van der Waals surface area contributed by atoms with E-state index >= 15 is 0 Å². The van der Waals surface area contributed by atoms with Crippen molar-refractivity contribution in [3.8, 4) is 0 Å². The molecule has 0 aliphatic carbocycles. The normalized spacial score (nSPS) is 17.5. The van der Waals surface area contributed by atoms with Crippen LogP contribution in [0.25, 0.3) is 0 Å². The molecule has 31 heavy (non-hydrogen) atoms. The van der Waals surface area contributed by atoms with Crippen molar-refractivity contribution in [2.45, 2.75) is 39.7 Å². The van der Waals surface area contributed by atoms with Crippen LogP contribution < -0.4 is 11.1 Å². The van der Waals surface area contributed by atoms with Crippen LogP contribution in [0.4, 0.5) is 5.69 Å². The summed E-state index contributed by atoms with van der Waals surface area (Å²) in [7, 11) is 0. The molecule has 3 N–H and O–H groups in total. The van der Waals surface area contributed by atoms with E-state index in [0.29, 0.717) is 5.92 Å². The zero-order valence-corrected chi connectivity index (χ0v) is 18.8. The highest BCUT2D eigenvalue weighted by molar-refractivity contribution is 6.00.